The minimum atomic E-state index is -3.22. The monoisotopic (exact) mass is 355 g/mol. The molecule has 6 heteroatoms. The Kier molecular flexibility index (Phi) is 4.72. The molecule has 1 heterocycles. The van der Waals surface area contributed by atoms with Gasteiger partial charge < -0.3 is 0 Å². The molecule has 130 valence electrons. The molecule has 25 heavy (non-hydrogen) atoms. The highest BCUT2D eigenvalue weighted by Crippen LogP contribution is 2.21. The molecule has 5 nitrogen and oxygen atoms in total. The van der Waals surface area contributed by atoms with Crippen LogP contribution in [0.4, 0.5) is 0 Å². The zero-order valence-corrected chi connectivity index (χ0v) is 15.4. The summed E-state index contributed by atoms with van der Waals surface area (Å²) < 4.78 is 25.2. The van der Waals surface area contributed by atoms with Crippen molar-refractivity contribution in [1.82, 2.24) is 14.8 Å². The van der Waals surface area contributed by atoms with Gasteiger partial charge in [-0.2, -0.15) is 0 Å². The summed E-state index contributed by atoms with van der Waals surface area (Å²) in [6.07, 6.45) is 1.20. The van der Waals surface area contributed by atoms with Gasteiger partial charge in [0.25, 0.3) is 0 Å². The largest absolute Gasteiger partial charge is 0.229 e. The van der Waals surface area contributed by atoms with Crippen molar-refractivity contribution in [3.8, 4) is 17.1 Å². The number of aromatic nitrogens is 3. The van der Waals surface area contributed by atoms with Crippen molar-refractivity contribution in [2.45, 2.75) is 25.5 Å². The molecule has 0 aliphatic carbocycles. The maximum atomic E-state index is 11.8. The molecule has 3 rings (SSSR count). The van der Waals surface area contributed by atoms with Gasteiger partial charge in [-0.3, -0.25) is 0 Å². The summed E-state index contributed by atoms with van der Waals surface area (Å²) in [5, 5.41) is 4.55. The van der Waals surface area contributed by atoms with Gasteiger partial charge in [0, 0.05) is 11.8 Å². The van der Waals surface area contributed by atoms with Crippen LogP contribution >= 0.6 is 0 Å². The minimum absolute atomic E-state index is 0.154. The Hall–Kier alpha value is -2.47. The third-order valence-electron chi connectivity index (χ3n) is 3.90. The van der Waals surface area contributed by atoms with E-state index in [-0.39, 0.29) is 5.75 Å². The van der Waals surface area contributed by atoms with E-state index < -0.39 is 9.84 Å². The summed E-state index contributed by atoms with van der Waals surface area (Å²) >= 11 is 0. The number of rotatable bonds is 5. The molecule has 1 aromatic heterocycles. The Labute approximate surface area is 148 Å². The van der Waals surface area contributed by atoms with E-state index in [1.807, 2.05) is 54.6 Å². The number of benzene rings is 2. The van der Waals surface area contributed by atoms with E-state index in [2.05, 4.69) is 23.9 Å². The van der Waals surface area contributed by atoms with Crippen LogP contribution in [0.25, 0.3) is 17.1 Å². The van der Waals surface area contributed by atoms with Gasteiger partial charge >= 0.3 is 0 Å². The first-order valence-corrected chi connectivity index (χ1v) is 10.2. The van der Waals surface area contributed by atoms with Gasteiger partial charge in [-0.05, 0) is 23.6 Å². The molecule has 0 fully saturated rings. The Balaban J connectivity index is 2.08. The fourth-order valence-corrected chi connectivity index (χ4v) is 3.24. The fourth-order valence-electron chi connectivity index (χ4n) is 2.59. The van der Waals surface area contributed by atoms with E-state index in [0.29, 0.717) is 17.6 Å². The third kappa shape index (κ3) is 4.14. The summed E-state index contributed by atoms with van der Waals surface area (Å²) in [6, 6.07) is 17.5. The molecule has 0 unspecified atom stereocenters. The lowest BCUT2D eigenvalue weighted by molar-refractivity contribution is 0.598. The second-order valence-corrected chi connectivity index (χ2v) is 8.59. The third-order valence-corrected chi connectivity index (χ3v) is 4.68. The van der Waals surface area contributed by atoms with Crippen molar-refractivity contribution in [2.24, 2.45) is 0 Å². The zero-order valence-electron chi connectivity index (χ0n) is 14.5. The Bertz CT molecular complexity index is 960. The van der Waals surface area contributed by atoms with E-state index in [1.54, 1.807) is 4.68 Å². The van der Waals surface area contributed by atoms with Gasteiger partial charge in [0.2, 0.25) is 0 Å². The molecule has 2 aromatic carbocycles. The van der Waals surface area contributed by atoms with Crippen molar-refractivity contribution >= 4 is 9.84 Å². The first-order chi connectivity index (χ1) is 11.8. The summed E-state index contributed by atoms with van der Waals surface area (Å²) in [5.41, 5.74) is 2.88. The highest BCUT2D eigenvalue weighted by atomic mass is 32.2. The predicted octanol–water partition coefficient (Wildman–Crippen LogP) is 3.60. The lowest BCUT2D eigenvalue weighted by Gasteiger charge is -2.08. The Morgan fingerprint density at radius 2 is 1.64 bits per heavy atom. The van der Waals surface area contributed by atoms with E-state index >= 15 is 0 Å². The molecular formula is C19H21N3O2S. The smallest absolute Gasteiger partial charge is 0.181 e. The maximum Gasteiger partial charge on any atom is 0.181 e. The first kappa shape index (κ1) is 17.4. The molecular weight excluding hydrogens is 334 g/mol. The van der Waals surface area contributed by atoms with Crippen LogP contribution in [-0.4, -0.2) is 29.4 Å². The lowest BCUT2D eigenvalue weighted by atomic mass is 10.0. The van der Waals surface area contributed by atoms with Gasteiger partial charge in [-0.15, -0.1) is 5.10 Å². The van der Waals surface area contributed by atoms with Crippen LogP contribution in [0.2, 0.25) is 0 Å². The van der Waals surface area contributed by atoms with E-state index in [0.717, 1.165) is 11.3 Å². The normalized spacial score (nSPS) is 11.8. The zero-order chi connectivity index (χ0) is 18.0. The summed E-state index contributed by atoms with van der Waals surface area (Å²) in [4.78, 5) is 4.47. The predicted molar refractivity (Wildman–Crippen MR) is 99.4 cm³/mol. The molecule has 0 bridgehead atoms. The fraction of sp³-hybridized carbons (Fsp3) is 0.263. The number of sulfone groups is 1. The first-order valence-electron chi connectivity index (χ1n) is 8.13. The number of hydrogen-bond donors (Lipinski definition) is 0. The molecule has 0 spiro atoms. The van der Waals surface area contributed by atoms with Gasteiger partial charge in [0.1, 0.15) is 11.6 Å². The Morgan fingerprint density at radius 3 is 2.20 bits per heavy atom. The van der Waals surface area contributed by atoms with Crippen molar-refractivity contribution in [3.05, 3.63) is 66.0 Å². The van der Waals surface area contributed by atoms with Crippen LogP contribution in [0, 0.1) is 0 Å². The second-order valence-electron chi connectivity index (χ2n) is 6.45. The van der Waals surface area contributed by atoms with E-state index in [1.165, 1.54) is 11.8 Å². The molecule has 0 N–H and O–H groups in total. The second kappa shape index (κ2) is 6.80. The summed E-state index contributed by atoms with van der Waals surface area (Å²) in [7, 11) is -3.22. The van der Waals surface area contributed by atoms with Crippen LogP contribution in [0.15, 0.2) is 54.6 Å². The van der Waals surface area contributed by atoms with E-state index in [4.69, 9.17) is 0 Å². The molecule has 0 aliphatic rings. The molecule has 0 saturated carbocycles. The van der Waals surface area contributed by atoms with Crippen molar-refractivity contribution in [3.63, 3.8) is 0 Å². The number of hydrogen-bond acceptors (Lipinski definition) is 4. The van der Waals surface area contributed by atoms with Crippen molar-refractivity contribution in [2.75, 3.05) is 6.26 Å². The van der Waals surface area contributed by atoms with Gasteiger partial charge in [-0.25, -0.2) is 18.1 Å². The van der Waals surface area contributed by atoms with Crippen LogP contribution in [-0.2, 0) is 15.6 Å². The lowest BCUT2D eigenvalue weighted by Crippen LogP contribution is -2.09. The highest BCUT2D eigenvalue weighted by Gasteiger charge is 2.17. The summed E-state index contributed by atoms with van der Waals surface area (Å²) in [5.74, 6) is 1.21. The minimum Gasteiger partial charge on any atom is -0.229 e. The Morgan fingerprint density at radius 1 is 1.00 bits per heavy atom. The quantitative estimate of drug-likeness (QED) is 0.701. The standard InChI is InChI=1S/C19H21N3O2S/c1-14(2)15-9-11-17(12-10-15)22-18(13-25(3,23)24)20-19(21-22)16-7-5-4-6-8-16/h4-12,14H,13H2,1-3H3. The molecule has 0 aliphatic heterocycles. The molecule has 0 atom stereocenters. The van der Waals surface area contributed by atoms with Gasteiger partial charge in [0.15, 0.2) is 15.7 Å². The van der Waals surface area contributed by atoms with Crippen LogP contribution in [0.5, 0.6) is 0 Å². The van der Waals surface area contributed by atoms with Crippen molar-refractivity contribution in [1.29, 1.82) is 0 Å². The highest BCUT2D eigenvalue weighted by molar-refractivity contribution is 7.89. The van der Waals surface area contributed by atoms with Crippen LogP contribution < -0.4 is 0 Å². The topological polar surface area (TPSA) is 64.8 Å². The van der Waals surface area contributed by atoms with E-state index in [9.17, 15) is 8.42 Å². The number of nitrogens with zero attached hydrogens (tertiary/aromatic N) is 3. The van der Waals surface area contributed by atoms with Crippen LogP contribution in [0.3, 0.4) is 0 Å². The maximum absolute atomic E-state index is 11.8. The molecule has 0 amide bonds. The molecule has 0 radical (unpaired) electrons. The van der Waals surface area contributed by atoms with Gasteiger partial charge in [-0.1, -0.05) is 56.3 Å². The van der Waals surface area contributed by atoms with Crippen molar-refractivity contribution < 1.29 is 8.42 Å². The summed E-state index contributed by atoms with van der Waals surface area (Å²) in [6.45, 7) is 4.26. The average molecular weight is 355 g/mol. The van der Waals surface area contributed by atoms with Crippen LogP contribution in [0.1, 0.15) is 31.2 Å². The molecule has 0 saturated heterocycles. The average Bonchev–Trinajstić information content (AvgIpc) is 2.97. The van der Waals surface area contributed by atoms with Gasteiger partial charge in [0.05, 0.1) is 5.69 Å². The molecule has 3 aromatic rings. The SMILES string of the molecule is CC(C)c1ccc(-n2nc(-c3ccccc3)nc2CS(C)(=O)=O)cc1.